The number of fused-ring (bicyclic) bond motifs is 2. The van der Waals surface area contributed by atoms with Crippen molar-refractivity contribution >= 4 is 21.8 Å². The molecule has 23 heavy (non-hydrogen) atoms. The standard InChI is InChI=1S/C19H22N2O2/c1-4-21(5-2)12-15-17(23-3)11-10-14-18(15)20-16-9-7-6-8-13(16)19(14)22/h6-11H,4-5,12H2,1-3H3,(H,20,22). The molecule has 4 nitrogen and oxygen atoms in total. The van der Waals surface area contributed by atoms with Crippen LogP contribution in [0.25, 0.3) is 21.8 Å². The van der Waals surface area contributed by atoms with Crippen LogP contribution in [-0.4, -0.2) is 30.1 Å². The highest BCUT2D eigenvalue weighted by Crippen LogP contribution is 2.28. The minimum absolute atomic E-state index is 0.0674. The maximum Gasteiger partial charge on any atom is 0.197 e. The number of ether oxygens (including phenoxy) is 1. The molecule has 0 amide bonds. The van der Waals surface area contributed by atoms with Crippen molar-refractivity contribution in [2.24, 2.45) is 0 Å². The molecule has 4 heteroatoms. The molecular weight excluding hydrogens is 288 g/mol. The van der Waals surface area contributed by atoms with Gasteiger partial charge >= 0.3 is 0 Å². The van der Waals surface area contributed by atoms with Crippen molar-refractivity contribution in [2.75, 3.05) is 20.2 Å². The number of hydrogen-bond acceptors (Lipinski definition) is 3. The minimum atomic E-state index is 0.0674. The lowest BCUT2D eigenvalue weighted by Crippen LogP contribution is -2.23. The lowest BCUT2D eigenvalue weighted by Gasteiger charge is -2.21. The summed E-state index contributed by atoms with van der Waals surface area (Å²) in [5.74, 6) is 0.815. The first-order valence-electron chi connectivity index (χ1n) is 8.02. The molecule has 1 aromatic heterocycles. The third-order valence-corrected chi connectivity index (χ3v) is 4.44. The second-order valence-electron chi connectivity index (χ2n) is 5.63. The molecule has 3 rings (SSSR count). The van der Waals surface area contributed by atoms with Crippen molar-refractivity contribution in [2.45, 2.75) is 20.4 Å². The normalized spacial score (nSPS) is 11.5. The lowest BCUT2D eigenvalue weighted by atomic mass is 10.0. The first kappa shape index (κ1) is 15.6. The van der Waals surface area contributed by atoms with Gasteiger partial charge < -0.3 is 9.72 Å². The summed E-state index contributed by atoms with van der Waals surface area (Å²) < 4.78 is 5.55. The van der Waals surface area contributed by atoms with E-state index in [-0.39, 0.29) is 5.43 Å². The second-order valence-corrected chi connectivity index (χ2v) is 5.63. The number of para-hydroxylation sites is 1. The number of H-pyrrole nitrogens is 1. The Morgan fingerprint density at radius 2 is 1.78 bits per heavy atom. The summed E-state index contributed by atoms with van der Waals surface area (Å²) in [6, 6.07) is 11.4. The molecule has 0 saturated heterocycles. The number of rotatable bonds is 5. The Morgan fingerprint density at radius 1 is 1.04 bits per heavy atom. The maximum absolute atomic E-state index is 12.8. The number of nitrogens with one attached hydrogen (secondary N) is 1. The second kappa shape index (κ2) is 6.42. The summed E-state index contributed by atoms with van der Waals surface area (Å²) in [5, 5.41) is 1.44. The van der Waals surface area contributed by atoms with Gasteiger partial charge in [0.2, 0.25) is 0 Å². The fourth-order valence-electron chi connectivity index (χ4n) is 3.05. The van der Waals surface area contributed by atoms with E-state index < -0.39 is 0 Å². The van der Waals surface area contributed by atoms with Crippen molar-refractivity contribution in [3.8, 4) is 5.75 Å². The van der Waals surface area contributed by atoms with E-state index in [1.54, 1.807) is 7.11 Å². The van der Waals surface area contributed by atoms with Gasteiger partial charge in [0.25, 0.3) is 0 Å². The first-order valence-corrected chi connectivity index (χ1v) is 8.02. The molecule has 0 fully saturated rings. The Morgan fingerprint density at radius 3 is 2.48 bits per heavy atom. The maximum atomic E-state index is 12.8. The molecule has 0 saturated carbocycles. The Labute approximate surface area is 135 Å². The Balaban J connectivity index is 2.33. The number of nitrogens with zero attached hydrogens (tertiary/aromatic N) is 1. The van der Waals surface area contributed by atoms with Crippen molar-refractivity contribution in [1.29, 1.82) is 0 Å². The third-order valence-electron chi connectivity index (χ3n) is 4.44. The number of aromatic nitrogens is 1. The van der Waals surface area contributed by atoms with Crippen LogP contribution in [0.1, 0.15) is 19.4 Å². The molecule has 0 aliphatic carbocycles. The van der Waals surface area contributed by atoms with E-state index in [1.807, 2.05) is 36.4 Å². The minimum Gasteiger partial charge on any atom is -0.496 e. The van der Waals surface area contributed by atoms with E-state index in [1.165, 1.54) is 0 Å². The topological polar surface area (TPSA) is 45.3 Å². The monoisotopic (exact) mass is 310 g/mol. The summed E-state index contributed by atoms with van der Waals surface area (Å²) >= 11 is 0. The van der Waals surface area contributed by atoms with Crippen LogP contribution < -0.4 is 10.2 Å². The summed E-state index contributed by atoms with van der Waals surface area (Å²) in [6.45, 7) is 6.93. The van der Waals surface area contributed by atoms with Gasteiger partial charge in [-0.25, -0.2) is 0 Å². The predicted octanol–water partition coefficient (Wildman–Crippen LogP) is 3.53. The lowest BCUT2D eigenvalue weighted by molar-refractivity contribution is 0.290. The first-order chi connectivity index (χ1) is 11.2. The largest absolute Gasteiger partial charge is 0.496 e. The number of pyridine rings is 1. The van der Waals surface area contributed by atoms with Gasteiger partial charge in [0.1, 0.15) is 5.75 Å². The van der Waals surface area contributed by atoms with Crippen LogP contribution in [0.4, 0.5) is 0 Å². The molecular formula is C19H22N2O2. The summed E-state index contributed by atoms with van der Waals surface area (Å²) in [7, 11) is 1.67. The zero-order valence-corrected chi connectivity index (χ0v) is 13.8. The molecule has 0 spiro atoms. The highest BCUT2D eigenvalue weighted by atomic mass is 16.5. The fourth-order valence-corrected chi connectivity index (χ4v) is 3.05. The quantitative estimate of drug-likeness (QED) is 0.733. The van der Waals surface area contributed by atoms with Crippen LogP contribution in [0.15, 0.2) is 41.2 Å². The van der Waals surface area contributed by atoms with Crippen molar-refractivity contribution < 1.29 is 4.74 Å². The summed E-state index contributed by atoms with van der Waals surface area (Å²) in [5.41, 5.74) is 2.84. The smallest absolute Gasteiger partial charge is 0.197 e. The van der Waals surface area contributed by atoms with Crippen LogP contribution >= 0.6 is 0 Å². The van der Waals surface area contributed by atoms with Gasteiger partial charge in [-0.2, -0.15) is 0 Å². The van der Waals surface area contributed by atoms with Crippen LogP contribution in [-0.2, 0) is 6.54 Å². The van der Waals surface area contributed by atoms with Crippen LogP contribution in [0.5, 0.6) is 5.75 Å². The molecule has 0 aliphatic heterocycles. The van der Waals surface area contributed by atoms with E-state index in [9.17, 15) is 4.79 Å². The van der Waals surface area contributed by atoms with Crippen molar-refractivity contribution in [3.05, 3.63) is 52.2 Å². The molecule has 1 N–H and O–H groups in total. The number of aromatic amines is 1. The van der Waals surface area contributed by atoms with E-state index >= 15 is 0 Å². The van der Waals surface area contributed by atoms with Crippen molar-refractivity contribution in [1.82, 2.24) is 9.88 Å². The van der Waals surface area contributed by atoms with Crippen molar-refractivity contribution in [3.63, 3.8) is 0 Å². The van der Waals surface area contributed by atoms with Crippen LogP contribution in [0.3, 0.4) is 0 Å². The van der Waals surface area contributed by atoms with Gasteiger partial charge in [0.05, 0.1) is 12.6 Å². The highest BCUT2D eigenvalue weighted by molar-refractivity contribution is 5.94. The number of hydrogen-bond donors (Lipinski definition) is 1. The van der Waals surface area contributed by atoms with Gasteiger partial charge in [0.15, 0.2) is 5.43 Å². The number of methoxy groups -OCH3 is 1. The Kier molecular flexibility index (Phi) is 4.35. The zero-order chi connectivity index (χ0) is 16.4. The SMILES string of the molecule is CCN(CC)Cc1c(OC)ccc2c(=O)c3ccccc3[nH]c12. The van der Waals surface area contributed by atoms with E-state index in [0.29, 0.717) is 5.39 Å². The van der Waals surface area contributed by atoms with Gasteiger partial charge in [0, 0.05) is 28.4 Å². The van der Waals surface area contributed by atoms with Gasteiger partial charge in [-0.15, -0.1) is 0 Å². The molecule has 1 heterocycles. The molecule has 3 aromatic rings. The molecule has 0 aliphatic rings. The highest BCUT2D eigenvalue weighted by Gasteiger charge is 2.15. The third kappa shape index (κ3) is 2.70. The average molecular weight is 310 g/mol. The predicted molar refractivity (Wildman–Crippen MR) is 95.3 cm³/mol. The summed E-state index contributed by atoms with van der Waals surface area (Å²) in [6.07, 6.45) is 0. The van der Waals surface area contributed by atoms with Gasteiger partial charge in [-0.1, -0.05) is 26.0 Å². The van der Waals surface area contributed by atoms with E-state index in [2.05, 4.69) is 23.7 Å². The Hall–Kier alpha value is -2.33. The number of benzene rings is 2. The average Bonchev–Trinajstić information content (AvgIpc) is 2.60. The van der Waals surface area contributed by atoms with Gasteiger partial charge in [-0.05, 0) is 37.4 Å². The zero-order valence-electron chi connectivity index (χ0n) is 13.8. The van der Waals surface area contributed by atoms with Crippen LogP contribution in [0.2, 0.25) is 0 Å². The van der Waals surface area contributed by atoms with Gasteiger partial charge in [-0.3, -0.25) is 9.69 Å². The van der Waals surface area contributed by atoms with E-state index in [4.69, 9.17) is 4.74 Å². The molecule has 0 bridgehead atoms. The molecule has 0 atom stereocenters. The van der Waals surface area contributed by atoms with Crippen LogP contribution in [0, 0.1) is 0 Å². The molecule has 120 valence electrons. The molecule has 2 aromatic carbocycles. The molecule has 0 unspecified atom stereocenters. The fraction of sp³-hybridized carbons (Fsp3) is 0.316. The molecule has 0 radical (unpaired) electrons. The Bertz CT molecular complexity index is 895. The van der Waals surface area contributed by atoms with E-state index in [0.717, 1.165) is 47.4 Å². The summed E-state index contributed by atoms with van der Waals surface area (Å²) in [4.78, 5) is 18.5.